The lowest BCUT2D eigenvalue weighted by Crippen LogP contribution is -2.45. The predicted octanol–water partition coefficient (Wildman–Crippen LogP) is 1.13. The number of carbonyl (C=O) groups excluding carboxylic acids is 1. The first kappa shape index (κ1) is 10.3. The Hall–Kier alpha value is -1.26. The van der Waals surface area contributed by atoms with E-state index in [9.17, 15) is 4.79 Å². The topological polar surface area (TPSA) is 56.1 Å². The number of piperidine rings is 1. The number of hydrogen-bond acceptors (Lipinski definition) is 3. The molecule has 0 aromatic heterocycles. The van der Waals surface area contributed by atoms with E-state index in [0.717, 1.165) is 31.6 Å². The van der Waals surface area contributed by atoms with Gasteiger partial charge in [-0.25, -0.2) is 4.79 Å². The van der Waals surface area contributed by atoms with E-state index in [1.807, 2.05) is 9.80 Å². The van der Waals surface area contributed by atoms with Crippen molar-refractivity contribution < 1.29 is 10.0 Å². The van der Waals surface area contributed by atoms with E-state index in [4.69, 9.17) is 5.21 Å². The van der Waals surface area contributed by atoms with E-state index in [1.54, 1.807) is 0 Å². The monoisotopic (exact) mass is 211 g/mol. The lowest BCUT2D eigenvalue weighted by Gasteiger charge is -2.31. The Kier molecular flexibility index (Phi) is 3.08. The third-order valence-electron chi connectivity index (χ3n) is 3.13. The molecule has 0 unspecified atom stereocenters. The molecule has 2 aliphatic heterocycles. The van der Waals surface area contributed by atoms with Crippen LogP contribution >= 0.6 is 0 Å². The van der Waals surface area contributed by atoms with Gasteiger partial charge in [-0.05, 0) is 12.8 Å². The number of likely N-dealkylation sites (tertiary alicyclic amines) is 2. The van der Waals surface area contributed by atoms with Crippen molar-refractivity contribution in [1.82, 2.24) is 9.80 Å². The van der Waals surface area contributed by atoms with Crippen LogP contribution < -0.4 is 0 Å². The summed E-state index contributed by atoms with van der Waals surface area (Å²) in [5, 5.41) is 11.8. The highest BCUT2D eigenvalue weighted by molar-refractivity contribution is 5.86. The number of nitrogens with zero attached hydrogens (tertiary/aromatic N) is 3. The summed E-state index contributed by atoms with van der Waals surface area (Å²) >= 11 is 0. The van der Waals surface area contributed by atoms with Crippen molar-refractivity contribution in [1.29, 1.82) is 0 Å². The Balaban J connectivity index is 1.87. The van der Waals surface area contributed by atoms with Crippen LogP contribution in [-0.4, -0.2) is 52.9 Å². The first-order valence-electron chi connectivity index (χ1n) is 5.55. The summed E-state index contributed by atoms with van der Waals surface area (Å²) in [6.45, 7) is 3.18. The molecule has 2 amide bonds. The molecule has 2 fully saturated rings. The van der Waals surface area contributed by atoms with Gasteiger partial charge >= 0.3 is 6.03 Å². The molecule has 1 N–H and O–H groups in total. The summed E-state index contributed by atoms with van der Waals surface area (Å²) in [7, 11) is 0. The van der Waals surface area contributed by atoms with Crippen LogP contribution in [-0.2, 0) is 0 Å². The molecule has 0 radical (unpaired) electrons. The van der Waals surface area contributed by atoms with E-state index in [2.05, 4.69) is 5.16 Å². The maximum Gasteiger partial charge on any atom is 0.320 e. The van der Waals surface area contributed by atoms with Crippen LogP contribution in [0.5, 0.6) is 0 Å². The minimum atomic E-state index is 0.157. The summed E-state index contributed by atoms with van der Waals surface area (Å²) in [5.41, 5.74) is 0.806. The predicted molar refractivity (Wildman–Crippen MR) is 56.2 cm³/mol. The van der Waals surface area contributed by atoms with Gasteiger partial charge in [0, 0.05) is 39.0 Å². The zero-order chi connectivity index (χ0) is 10.7. The molecule has 2 heterocycles. The van der Waals surface area contributed by atoms with Crippen molar-refractivity contribution in [2.75, 3.05) is 26.2 Å². The van der Waals surface area contributed by atoms with Crippen LogP contribution in [0, 0.1) is 0 Å². The Morgan fingerprint density at radius 3 is 2.13 bits per heavy atom. The van der Waals surface area contributed by atoms with Crippen molar-refractivity contribution >= 4 is 11.7 Å². The van der Waals surface area contributed by atoms with Crippen molar-refractivity contribution in [3.8, 4) is 0 Å². The Morgan fingerprint density at radius 2 is 1.60 bits per heavy atom. The fraction of sp³-hybridized carbons (Fsp3) is 0.800. The Morgan fingerprint density at radius 1 is 1.07 bits per heavy atom. The lowest BCUT2D eigenvalue weighted by molar-refractivity contribution is 0.161. The molecule has 2 saturated heterocycles. The van der Waals surface area contributed by atoms with Gasteiger partial charge in [-0.15, -0.1) is 0 Å². The highest BCUT2D eigenvalue weighted by atomic mass is 16.4. The van der Waals surface area contributed by atoms with Gasteiger partial charge in [0.05, 0.1) is 5.71 Å². The highest BCUT2D eigenvalue weighted by Gasteiger charge is 2.26. The minimum Gasteiger partial charge on any atom is -0.411 e. The first-order valence-corrected chi connectivity index (χ1v) is 5.55. The fourth-order valence-corrected chi connectivity index (χ4v) is 2.16. The Bertz CT molecular complexity index is 262. The van der Waals surface area contributed by atoms with Crippen molar-refractivity contribution in [2.24, 2.45) is 5.16 Å². The quantitative estimate of drug-likeness (QED) is 0.482. The van der Waals surface area contributed by atoms with Crippen LogP contribution in [0.25, 0.3) is 0 Å². The Labute approximate surface area is 89.3 Å². The minimum absolute atomic E-state index is 0.157. The molecule has 2 rings (SSSR count). The molecular weight excluding hydrogens is 194 g/mol. The number of hydrogen-bond donors (Lipinski definition) is 1. The number of rotatable bonds is 0. The summed E-state index contributed by atoms with van der Waals surface area (Å²) in [6.07, 6.45) is 3.66. The number of oxime groups is 1. The molecule has 0 atom stereocenters. The maximum absolute atomic E-state index is 11.9. The van der Waals surface area contributed by atoms with Crippen LogP contribution in [0.4, 0.5) is 4.79 Å². The van der Waals surface area contributed by atoms with Crippen LogP contribution in [0.15, 0.2) is 5.16 Å². The molecule has 0 saturated carbocycles. The summed E-state index contributed by atoms with van der Waals surface area (Å²) in [4.78, 5) is 15.7. The van der Waals surface area contributed by atoms with Gasteiger partial charge in [0.1, 0.15) is 0 Å². The smallest absolute Gasteiger partial charge is 0.320 e. The molecule has 84 valence electrons. The molecule has 0 aromatic rings. The molecular formula is C10H17N3O2. The third kappa shape index (κ3) is 2.22. The SMILES string of the molecule is O=C(N1CCCC1)N1CCC(=NO)CC1. The standard InChI is InChI=1S/C10H17N3O2/c14-10(12-5-1-2-6-12)13-7-3-9(11-15)4-8-13/h15H,1-8H2. The van der Waals surface area contributed by atoms with Crippen LogP contribution in [0.1, 0.15) is 25.7 Å². The number of carbonyl (C=O) groups is 1. The van der Waals surface area contributed by atoms with E-state index in [-0.39, 0.29) is 6.03 Å². The second kappa shape index (κ2) is 4.51. The molecule has 0 aromatic carbocycles. The number of amides is 2. The van der Waals surface area contributed by atoms with Gasteiger partial charge in [-0.1, -0.05) is 5.16 Å². The van der Waals surface area contributed by atoms with E-state index >= 15 is 0 Å². The highest BCUT2D eigenvalue weighted by Crippen LogP contribution is 2.14. The molecule has 0 bridgehead atoms. The maximum atomic E-state index is 11.9. The second-order valence-electron chi connectivity index (χ2n) is 4.13. The molecule has 0 aliphatic carbocycles. The van der Waals surface area contributed by atoms with Gasteiger partial charge < -0.3 is 15.0 Å². The first-order chi connectivity index (χ1) is 7.31. The van der Waals surface area contributed by atoms with Crippen molar-refractivity contribution in [2.45, 2.75) is 25.7 Å². The molecule has 0 spiro atoms. The zero-order valence-electron chi connectivity index (χ0n) is 8.85. The molecule has 15 heavy (non-hydrogen) atoms. The fourth-order valence-electron chi connectivity index (χ4n) is 2.16. The third-order valence-corrected chi connectivity index (χ3v) is 3.13. The normalized spacial score (nSPS) is 22.0. The van der Waals surface area contributed by atoms with Gasteiger partial charge in [0.2, 0.25) is 0 Å². The van der Waals surface area contributed by atoms with Crippen molar-refractivity contribution in [3.05, 3.63) is 0 Å². The average Bonchev–Trinajstić information content (AvgIpc) is 2.82. The average molecular weight is 211 g/mol. The van der Waals surface area contributed by atoms with Crippen molar-refractivity contribution in [3.63, 3.8) is 0 Å². The summed E-state index contributed by atoms with van der Waals surface area (Å²) in [6, 6.07) is 0.157. The van der Waals surface area contributed by atoms with E-state index in [0.29, 0.717) is 25.9 Å². The van der Waals surface area contributed by atoms with Gasteiger partial charge in [0.25, 0.3) is 0 Å². The summed E-state index contributed by atoms with van der Waals surface area (Å²) < 4.78 is 0. The van der Waals surface area contributed by atoms with E-state index < -0.39 is 0 Å². The van der Waals surface area contributed by atoms with Gasteiger partial charge in [-0.3, -0.25) is 0 Å². The molecule has 5 nitrogen and oxygen atoms in total. The zero-order valence-corrected chi connectivity index (χ0v) is 8.85. The lowest BCUT2D eigenvalue weighted by atomic mass is 10.1. The van der Waals surface area contributed by atoms with Crippen LogP contribution in [0.3, 0.4) is 0 Å². The van der Waals surface area contributed by atoms with Crippen LogP contribution in [0.2, 0.25) is 0 Å². The largest absolute Gasteiger partial charge is 0.411 e. The number of urea groups is 1. The van der Waals surface area contributed by atoms with Gasteiger partial charge in [-0.2, -0.15) is 0 Å². The molecule has 5 heteroatoms. The summed E-state index contributed by atoms with van der Waals surface area (Å²) in [5.74, 6) is 0. The molecule has 2 aliphatic rings. The second-order valence-corrected chi connectivity index (χ2v) is 4.13. The van der Waals surface area contributed by atoms with Gasteiger partial charge in [0.15, 0.2) is 0 Å². The van der Waals surface area contributed by atoms with E-state index in [1.165, 1.54) is 0 Å².